The van der Waals surface area contributed by atoms with Crippen molar-refractivity contribution in [1.82, 2.24) is 19.4 Å². The molecule has 3 saturated heterocycles. The normalized spacial score (nSPS) is 36.5. The molecule has 1 amide bonds. The molecule has 1 saturated carbocycles. The Bertz CT molecular complexity index is 637. The average Bonchev–Trinajstić information content (AvgIpc) is 3.34. The third kappa shape index (κ3) is 2.40. The third-order valence-electron chi connectivity index (χ3n) is 6.90. The van der Waals surface area contributed by atoms with Crippen molar-refractivity contribution < 1.29 is 4.79 Å². The number of hydrogen-bond donors (Lipinski definition) is 0. The highest BCUT2D eigenvalue weighted by Gasteiger charge is 2.48. The van der Waals surface area contributed by atoms with Gasteiger partial charge in [-0.2, -0.15) is 0 Å². The molecule has 4 fully saturated rings. The summed E-state index contributed by atoms with van der Waals surface area (Å²) in [4.78, 5) is 22.1. The second kappa shape index (κ2) is 5.58. The summed E-state index contributed by atoms with van der Waals surface area (Å²) in [5.41, 5.74) is 0. The number of carbonyl (C=O) groups excluding carboxylic acids is 1. The maximum absolute atomic E-state index is 12.9. The highest BCUT2D eigenvalue weighted by molar-refractivity contribution is 5.90. The van der Waals surface area contributed by atoms with Gasteiger partial charge in [0, 0.05) is 51.2 Å². The second-order valence-electron chi connectivity index (χ2n) is 8.53. The van der Waals surface area contributed by atoms with E-state index in [1.54, 1.807) is 6.20 Å². The predicted octanol–water partition coefficient (Wildman–Crippen LogP) is 2.15. The van der Waals surface area contributed by atoms with E-state index in [1.807, 2.05) is 17.8 Å². The summed E-state index contributed by atoms with van der Waals surface area (Å²) >= 11 is 0. The number of piperidine rings is 3. The largest absolute Gasteiger partial charge is 0.335 e. The Morgan fingerprint density at radius 2 is 1.88 bits per heavy atom. The fourth-order valence-electron chi connectivity index (χ4n) is 5.71. The molecular weight excluding hydrogens is 300 g/mol. The molecule has 5 heteroatoms. The molecule has 130 valence electrons. The van der Waals surface area contributed by atoms with Gasteiger partial charge in [-0.1, -0.05) is 6.42 Å². The number of likely N-dealkylation sites (tertiary alicyclic amines) is 1. The zero-order chi connectivity index (χ0) is 16.3. The van der Waals surface area contributed by atoms with Gasteiger partial charge in [-0.25, -0.2) is 4.98 Å². The van der Waals surface area contributed by atoms with E-state index in [0.717, 1.165) is 31.1 Å². The van der Waals surface area contributed by atoms with Gasteiger partial charge in [0.1, 0.15) is 0 Å². The van der Waals surface area contributed by atoms with Crippen molar-refractivity contribution in [2.24, 2.45) is 24.8 Å². The quantitative estimate of drug-likeness (QED) is 0.835. The molecule has 2 bridgehead atoms. The Morgan fingerprint density at radius 3 is 2.58 bits per heavy atom. The van der Waals surface area contributed by atoms with E-state index in [4.69, 9.17) is 0 Å². The SMILES string of the molecule is Cn1ccnc1C(=O)N1C[C@@H]2C[C@H](C1)[C@@H]1CCC[C@H](C3CC3)N1C2. The lowest BCUT2D eigenvalue weighted by Gasteiger charge is -2.55. The van der Waals surface area contributed by atoms with Crippen LogP contribution >= 0.6 is 0 Å². The van der Waals surface area contributed by atoms with Crippen molar-refractivity contribution in [1.29, 1.82) is 0 Å². The Labute approximate surface area is 144 Å². The van der Waals surface area contributed by atoms with Gasteiger partial charge < -0.3 is 9.47 Å². The number of carbonyl (C=O) groups is 1. The molecular formula is C19H28N4O. The van der Waals surface area contributed by atoms with Crippen LogP contribution < -0.4 is 0 Å². The van der Waals surface area contributed by atoms with Crippen molar-refractivity contribution in [3.8, 4) is 0 Å². The number of imidazole rings is 1. The van der Waals surface area contributed by atoms with Crippen LogP contribution in [-0.2, 0) is 7.05 Å². The van der Waals surface area contributed by atoms with Gasteiger partial charge in [-0.3, -0.25) is 9.69 Å². The van der Waals surface area contributed by atoms with Gasteiger partial charge in [0.05, 0.1) is 0 Å². The summed E-state index contributed by atoms with van der Waals surface area (Å²) in [5, 5.41) is 0. The number of nitrogens with zero attached hydrogens (tertiary/aromatic N) is 4. The lowest BCUT2D eigenvalue weighted by Crippen LogP contribution is -2.62. The number of fused-ring (bicyclic) bond motifs is 4. The number of amides is 1. The number of rotatable bonds is 2. The summed E-state index contributed by atoms with van der Waals surface area (Å²) in [6, 6.07) is 1.57. The minimum Gasteiger partial charge on any atom is -0.335 e. The first kappa shape index (κ1) is 14.9. The minimum atomic E-state index is 0.125. The van der Waals surface area contributed by atoms with Crippen LogP contribution in [0.1, 0.15) is 49.1 Å². The van der Waals surface area contributed by atoms with E-state index in [2.05, 4.69) is 14.8 Å². The van der Waals surface area contributed by atoms with Gasteiger partial charge in [-0.05, 0) is 49.9 Å². The van der Waals surface area contributed by atoms with Crippen LogP contribution in [0.4, 0.5) is 0 Å². The molecule has 4 heterocycles. The van der Waals surface area contributed by atoms with E-state index >= 15 is 0 Å². The van der Waals surface area contributed by atoms with Gasteiger partial charge >= 0.3 is 0 Å². The van der Waals surface area contributed by atoms with E-state index in [9.17, 15) is 4.79 Å². The molecule has 5 rings (SSSR count). The zero-order valence-electron chi connectivity index (χ0n) is 14.6. The van der Waals surface area contributed by atoms with Crippen LogP contribution in [-0.4, -0.2) is 57.0 Å². The van der Waals surface area contributed by atoms with Crippen molar-refractivity contribution >= 4 is 5.91 Å². The zero-order valence-corrected chi connectivity index (χ0v) is 14.6. The maximum atomic E-state index is 12.9. The first-order chi connectivity index (χ1) is 11.7. The first-order valence-corrected chi connectivity index (χ1v) is 9.73. The van der Waals surface area contributed by atoms with Crippen LogP contribution in [0.25, 0.3) is 0 Å². The van der Waals surface area contributed by atoms with Crippen LogP contribution in [0.3, 0.4) is 0 Å². The Hall–Kier alpha value is -1.36. The second-order valence-corrected chi connectivity index (χ2v) is 8.53. The molecule has 4 aliphatic rings. The Balaban J connectivity index is 1.35. The molecule has 1 aliphatic carbocycles. The monoisotopic (exact) mass is 328 g/mol. The Morgan fingerprint density at radius 1 is 1.08 bits per heavy atom. The number of aryl methyl sites for hydroxylation is 1. The van der Waals surface area contributed by atoms with E-state index in [1.165, 1.54) is 45.1 Å². The fourth-order valence-corrected chi connectivity index (χ4v) is 5.71. The lowest BCUT2D eigenvalue weighted by molar-refractivity contribution is -0.0553. The highest BCUT2D eigenvalue weighted by atomic mass is 16.2. The molecule has 0 radical (unpaired) electrons. The van der Waals surface area contributed by atoms with Crippen molar-refractivity contribution in [2.45, 2.75) is 50.6 Å². The molecule has 0 unspecified atom stereocenters. The standard InChI is InChI=1S/C19H28N4O/c1-21-8-7-20-18(21)19(24)22-10-13-9-15(12-22)17-4-2-3-16(14-5-6-14)23(17)11-13/h7-8,13-17H,2-6,9-12H2,1H3/t13-,15+,16+,17-/m0/s1. The summed E-state index contributed by atoms with van der Waals surface area (Å²) in [7, 11) is 1.91. The molecule has 5 nitrogen and oxygen atoms in total. The van der Waals surface area contributed by atoms with E-state index in [-0.39, 0.29) is 5.91 Å². The predicted molar refractivity (Wildman–Crippen MR) is 91.6 cm³/mol. The van der Waals surface area contributed by atoms with Crippen molar-refractivity contribution in [2.75, 3.05) is 19.6 Å². The van der Waals surface area contributed by atoms with Crippen molar-refractivity contribution in [3.05, 3.63) is 18.2 Å². The average molecular weight is 328 g/mol. The molecule has 1 aromatic heterocycles. The number of aromatic nitrogens is 2. The van der Waals surface area contributed by atoms with Crippen LogP contribution in [0.5, 0.6) is 0 Å². The number of hydrogen-bond acceptors (Lipinski definition) is 3. The van der Waals surface area contributed by atoms with Crippen LogP contribution in [0.2, 0.25) is 0 Å². The molecule has 0 aromatic carbocycles. The van der Waals surface area contributed by atoms with Gasteiger partial charge in [-0.15, -0.1) is 0 Å². The van der Waals surface area contributed by atoms with Gasteiger partial charge in [0.2, 0.25) is 0 Å². The highest BCUT2D eigenvalue weighted by Crippen LogP contribution is 2.46. The smallest absolute Gasteiger partial charge is 0.289 e. The first-order valence-electron chi connectivity index (χ1n) is 9.73. The molecule has 1 aromatic rings. The summed E-state index contributed by atoms with van der Waals surface area (Å²) in [5.74, 6) is 3.02. The molecule has 3 aliphatic heterocycles. The molecule has 0 spiro atoms. The topological polar surface area (TPSA) is 41.4 Å². The van der Waals surface area contributed by atoms with Gasteiger partial charge in [0.15, 0.2) is 5.82 Å². The third-order valence-corrected chi connectivity index (χ3v) is 6.90. The fraction of sp³-hybridized carbons (Fsp3) is 0.789. The molecule has 0 N–H and O–H groups in total. The van der Waals surface area contributed by atoms with Crippen molar-refractivity contribution in [3.63, 3.8) is 0 Å². The summed E-state index contributed by atoms with van der Waals surface area (Å²) in [6.45, 7) is 3.07. The van der Waals surface area contributed by atoms with E-state index in [0.29, 0.717) is 17.7 Å². The Kier molecular flexibility index (Phi) is 3.47. The minimum absolute atomic E-state index is 0.125. The maximum Gasteiger partial charge on any atom is 0.289 e. The lowest BCUT2D eigenvalue weighted by atomic mass is 9.74. The van der Waals surface area contributed by atoms with Crippen LogP contribution in [0, 0.1) is 17.8 Å². The van der Waals surface area contributed by atoms with E-state index < -0.39 is 0 Å². The van der Waals surface area contributed by atoms with Crippen LogP contribution in [0.15, 0.2) is 12.4 Å². The molecule has 24 heavy (non-hydrogen) atoms. The summed E-state index contributed by atoms with van der Waals surface area (Å²) < 4.78 is 1.85. The van der Waals surface area contributed by atoms with Gasteiger partial charge in [0.25, 0.3) is 5.91 Å². The molecule has 4 atom stereocenters. The summed E-state index contributed by atoms with van der Waals surface area (Å²) in [6.07, 6.45) is 11.9.